The highest BCUT2D eigenvalue weighted by atomic mass is 16.2. The summed E-state index contributed by atoms with van der Waals surface area (Å²) in [5.74, 6) is 0.254. The van der Waals surface area contributed by atoms with Gasteiger partial charge in [0.2, 0.25) is 5.91 Å². The van der Waals surface area contributed by atoms with Gasteiger partial charge in [-0.3, -0.25) is 4.79 Å². The Bertz CT molecular complexity index is 398. The minimum atomic E-state index is 0.102. The number of nitrogens with one attached hydrogen (secondary N) is 1. The van der Waals surface area contributed by atoms with Gasteiger partial charge < -0.3 is 11.1 Å². The summed E-state index contributed by atoms with van der Waals surface area (Å²) in [6, 6.07) is 7.26. The van der Waals surface area contributed by atoms with E-state index in [1.54, 1.807) is 12.1 Å². The molecule has 0 bridgehead atoms. The van der Waals surface area contributed by atoms with Gasteiger partial charge in [0.1, 0.15) is 0 Å². The van der Waals surface area contributed by atoms with Gasteiger partial charge in [0, 0.05) is 17.3 Å². The molecule has 0 radical (unpaired) electrons. The Morgan fingerprint density at radius 2 is 2.20 bits per heavy atom. The van der Waals surface area contributed by atoms with Crippen LogP contribution in [0.2, 0.25) is 0 Å². The van der Waals surface area contributed by atoms with E-state index >= 15 is 0 Å². The second kappa shape index (κ2) is 3.26. The molecule has 2 rings (SSSR count). The van der Waals surface area contributed by atoms with Crippen LogP contribution < -0.4 is 11.1 Å². The highest BCUT2D eigenvalue weighted by Gasteiger charge is 2.50. The van der Waals surface area contributed by atoms with Crippen molar-refractivity contribution in [3.8, 4) is 0 Å². The van der Waals surface area contributed by atoms with Gasteiger partial charge in [0.05, 0.1) is 0 Å². The molecule has 1 unspecified atom stereocenters. The molecule has 1 aromatic carbocycles. The van der Waals surface area contributed by atoms with Crippen LogP contribution >= 0.6 is 0 Å². The van der Waals surface area contributed by atoms with E-state index in [9.17, 15) is 4.79 Å². The molecule has 3 N–H and O–H groups in total. The fraction of sp³-hybridized carbons (Fsp3) is 0.417. The molecule has 0 aliphatic heterocycles. The number of amides is 1. The maximum atomic E-state index is 11.7. The Hall–Kier alpha value is -1.51. The molecule has 0 spiro atoms. The number of carbonyl (C=O) groups is 1. The van der Waals surface area contributed by atoms with Crippen LogP contribution in [0.3, 0.4) is 0 Å². The van der Waals surface area contributed by atoms with Gasteiger partial charge >= 0.3 is 0 Å². The first-order chi connectivity index (χ1) is 6.99. The van der Waals surface area contributed by atoms with Crippen molar-refractivity contribution < 1.29 is 4.79 Å². The maximum Gasteiger partial charge on any atom is 0.228 e. The average Bonchev–Trinajstić information content (AvgIpc) is 2.75. The molecule has 0 saturated heterocycles. The monoisotopic (exact) mass is 204 g/mol. The Kier molecular flexibility index (Phi) is 2.18. The van der Waals surface area contributed by atoms with E-state index in [1.807, 2.05) is 12.1 Å². The summed E-state index contributed by atoms with van der Waals surface area (Å²) in [5, 5.41) is 2.88. The predicted molar refractivity (Wildman–Crippen MR) is 61.4 cm³/mol. The van der Waals surface area contributed by atoms with Crippen LogP contribution in [-0.2, 0) is 4.79 Å². The standard InChI is InChI=1S/C12H16N2O/c1-12(2)7-10(12)11(15)14-9-5-3-4-8(13)6-9/h3-6,10H,7,13H2,1-2H3,(H,14,15). The molecular formula is C12H16N2O. The van der Waals surface area contributed by atoms with E-state index in [0.29, 0.717) is 5.69 Å². The van der Waals surface area contributed by atoms with Crippen molar-refractivity contribution >= 4 is 17.3 Å². The van der Waals surface area contributed by atoms with Gasteiger partial charge in [-0.2, -0.15) is 0 Å². The molecule has 1 aliphatic rings. The van der Waals surface area contributed by atoms with Crippen LogP contribution in [-0.4, -0.2) is 5.91 Å². The van der Waals surface area contributed by atoms with Crippen LogP contribution in [0, 0.1) is 11.3 Å². The van der Waals surface area contributed by atoms with Gasteiger partial charge in [-0.1, -0.05) is 19.9 Å². The van der Waals surface area contributed by atoms with Gasteiger partial charge in [0.15, 0.2) is 0 Å². The molecular weight excluding hydrogens is 188 g/mol. The number of carbonyl (C=O) groups excluding carboxylic acids is 1. The molecule has 3 nitrogen and oxygen atoms in total. The molecule has 0 heterocycles. The number of nitrogens with two attached hydrogens (primary N) is 1. The second-order valence-electron chi connectivity index (χ2n) is 4.86. The molecule has 1 aromatic rings. The van der Waals surface area contributed by atoms with Gasteiger partial charge in [-0.15, -0.1) is 0 Å². The Balaban J connectivity index is 2.01. The van der Waals surface area contributed by atoms with E-state index in [0.717, 1.165) is 12.1 Å². The largest absolute Gasteiger partial charge is 0.399 e. The van der Waals surface area contributed by atoms with E-state index in [-0.39, 0.29) is 17.2 Å². The molecule has 0 aromatic heterocycles. The van der Waals surface area contributed by atoms with E-state index in [4.69, 9.17) is 5.73 Å². The number of hydrogen-bond acceptors (Lipinski definition) is 2. The lowest BCUT2D eigenvalue weighted by atomic mass is 10.1. The molecule has 1 aliphatic carbocycles. The lowest BCUT2D eigenvalue weighted by molar-refractivity contribution is -0.117. The zero-order chi connectivity index (χ0) is 11.1. The van der Waals surface area contributed by atoms with Crippen LogP contribution in [0.15, 0.2) is 24.3 Å². The Morgan fingerprint density at radius 3 is 2.73 bits per heavy atom. The zero-order valence-electron chi connectivity index (χ0n) is 9.08. The van der Waals surface area contributed by atoms with E-state index < -0.39 is 0 Å². The smallest absolute Gasteiger partial charge is 0.228 e. The summed E-state index contributed by atoms with van der Waals surface area (Å²) in [5.41, 5.74) is 7.25. The summed E-state index contributed by atoms with van der Waals surface area (Å²) in [4.78, 5) is 11.7. The SMILES string of the molecule is CC1(C)CC1C(=O)Nc1cccc(N)c1. The first-order valence-corrected chi connectivity index (χ1v) is 5.15. The van der Waals surface area contributed by atoms with E-state index in [1.165, 1.54) is 0 Å². The van der Waals surface area contributed by atoms with Crippen molar-refractivity contribution in [1.82, 2.24) is 0 Å². The van der Waals surface area contributed by atoms with E-state index in [2.05, 4.69) is 19.2 Å². The number of benzene rings is 1. The third-order valence-corrected chi connectivity index (χ3v) is 2.98. The third kappa shape index (κ3) is 2.12. The number of nitrogen functional groups attached to an aromatic ring is 1. The van der Waals surface area contributed by atoms with Crippen LogP contribution in [0.25, 0.3) is 0 Å². The summed E-state index contributed by atoms with van der Waals surface area (Å²) >= 11 is 0. The summed E-state index contributed by atoms with van der Waals surface area (Å²) < 4.78 is 0. The number of rotatable bonds is 2. The summed E-state index contributed by atoms with van der Waals surface area (Å²) in [7, 11) is 0. The molecule has 1 amide bonds. The molecule has 15 heavy (non-hydrogen) atoms. The number of anilines is 2. The second-order valence-corrected chi connectivity index (χ2v) is 4.86. The third-order valence-electron chi connectivity index (χ3n) is 2.98. The van der Waals surface area contributed by atoms with Crippen molar-refractivity contribution in [1.29, 1.82) is 0 Å². The molecule has 1 saturated carbocycles. The highest BCUT2D eigenvalue weighted by Crippen LogP contribution is 2.51. The highest BCUT2D eigenvalue weighted by molar-refractivity contribution is 5.95. The minimum absolute atomic E-state index is 0.102. The van der Waals surface area contributed by atoms with Crippen LogP contribution in [0.1, 0.15) is 20.3 Å². The van der Waals surface area contributed by atoms with Crippen molar-refractivity contribution in [2.24, 2.45) is 11.3 Å². The lowest BCUT2D eigenvalue weighted by Crippen LogP contribution is -2.16. The van der Waals surface area contributed by atoms with Crippen LogP contribution in [0.5, 0.6) is 0 Å². The first kappa shape index (κ1) is 10.0. The predicted octanol–water partition coefficient (Wildman–Crippen LogP) is 2.25. The van der Waals surface area contributed by atoms with Crippen molar-refractivity contribution in [2.75, 3.05) is 11.1 Å². The number of hydrogen-bond donors (Lipinski definition) is 2. The Morgan fingerprint density at radius 1 is 1.53 bits per heavy atom. The zero-order valence-corrected chi connectivity index (χ0v) is 9.08. The lowest BCUT2D eigenvalue weighted by Gasteiger charge is -2.06. The quantitative estimate of drug-likeness (QED) is 0.726. The molecule has 1 atom stereocenters. The molecule has 1 fully saturated rings. The fourth-order valence-corrected chi connectivity index (χ4v) is 1.76. The Labute approximate surface area is 89.7 Å². The molecule has 3 heteroatoms. The first-order valence-electron chi connectivity index (χ1n) is 5.15. The fourth-order valence-electron chi connectivity index (χ4n) is 1.76. The van der Waals surface area contributed by atoms with Crippen LogP contribution in [0.4, 0.5) is 11.4 Å². The topological polar surface area (TPSA) is 55.1 Å². The van der Waals surface area contributed by atoms with Crippen molar-refractivity contribution in [2.45, 2.75) is 20.3 Å². The summed E-state index contributed by atoms with van der Waals surface area (Å²) in [6.45, 7) is 4.22. The maximum absolute atomic E-state index is 11.7. The van der Waals surface area contributed by atoms with Gasteiger partial charge in [-0.05, 0) is 30.0 Å². The molecule has 80 valence electrons. The summed E-state index contributed by atoms with van der Waals surface area (Å²) in [6.07, 6.45) is 0.973. The van der Waals surface area contributed by atoms with Gasteiger partial charge in [-0.25, -0.2) is 0 Å². The van der Waals surface area contributed by atoms with Crippen molar-refractivity contribution in [3.05, 3.63) is 24.3 Å². The average molecular weight is 204 g/mol. The van der Waals surface area contributed by atoms with Gasteiger partial charge in [0.25, 0.3) is 0 Å². The minimum Gasteiger partial charge on any atom is -0.399 e. The van der Waals surface area contributed by atoms with Crippen molar-refractivity contribution in [3.63, 3.8) is 0 Å². The normalized spacial score (nSPS) is 22.1.